The van der Waals surface area contributed by atoms with Crippen LogP contribution in [0.4, 0.5) is 0 Å². The minimum Gasteiger partial charge on any atom is -0.454 e. The van der Waals surface area contributed by atoms with Crippen LogP contribution in [-0.2, 0) is 13.6 Å². The maximum Gasteiger partial charge on any atom is 0.274 e. The Labute approximate surface area is 134 Å². The Balaban J connectivity index is 1.57. The lowest BCUT2D eigenvalue weighted by molar-refractivity contribution is 0.0723. The highest BCUT2D eigenvalue weighted by atomic mass is 16.7. The molecule has 0 radical (unpaired) electrons. The van der Waals surface area contributed by atoms with Crippen molar-refractivity contribution in [1.29, 1.82) is 0 Å². The van der Waals surface area contributed by atoms with Gasteiger partial charge in [0.1, 0.15) is 0 Å². The van der Waals surface area contributed by atoms with Crippen molar-refractivity contribution in [2.45, 2.75) is 32.4 Å². The van der Waals surface area contributed by atoms with Crippen molar-refractivity contribution < 1.29 is 14.3 Å². The number of aryl methyl sites for hydroxylation is 2. The van der Waals surface area contributed by atoms with Crippen LogP contribution in [0.5, 0.6) is 11.5 Å². The zero-order chi connectivity index (χ0) is 16.0. The van der Waals surface area contributed by atoms with E-state index in [-0.39, 0.29) is 12.7 Å². The van der Waals surface area contributed by atoms with Gasteiger partial charge in [0.25, 0.3) is 5.91 Å². The van der Waals surface area contributed by atoms with Gasteiger partial charge in [0, 0.05) is 25.3 Å². The number of hydrogen-bond acceptors (Lipinski definition) is 4. The highest BCUT2D eigenvalue weighted by Gasteiger charge is 2.34. The Bertz CT molecular complexity index is 745. The van der Waals surface area contributed by atoms with E-state index < -0.39 is 0 Å². The second-order valence-electron chi connectivity index (χ2n) is 6.15. The fraction of sp³-hybridized carbons (Fsp3) is 0.412. The lowest BCUT2D eigenvalue weighted by Gasteiger charge is -2.21. The van der Waals surface area contributed by atoms with Gasteiger partial charge in [0.05, 0.1) is 0 Å². The van der Waals surface area contributed by atoms with Crippen LogP contribution < -0.4 is 9.47 Å². The first-order valence-corrected chi connectivity index (χ1v) is 7.82. The number of rotatable bonds is 4. The van der Waals surface area contributed by atoms with Crippen molar-refractivity contribution in [2.24, 2.45) is 7.05 Å². The second-order valence-corrected chi connectivity index (χ2v) is 6.15. The van der Waals surface area contributed by atoms with Crippen molar-refractivity contribution >= 4 is 5.91 Å². The molecule has 0 spiro atoms. The first kappa shape index (κ1) is 14.1. The highest BCUT2D eigenvalue weighted by molar-refractivity contribution is 5.92. The number of aromatic nitrogens is 2. The molecule has 1 aliphatic carbocycles. The van der Waals surface area contributed by atoms with Gasteiger partial charge in [-0.3, -0.25) is 9.48 Å². The zero-order valence-corrected chi connectivity index (χ0v) is 13.3. The lowest BCUT2D eigenvalue weighted by atomic mass is 10.1. The Morgan fingerprint density at radius 1 is 1.30 bits per heavy atom. The summed E-state index contributed by atoms with van der Waals surface area (Å²) in [6.07, 6.45) is 2.12. The zero-order valence-electron chi connectivity index (χ0n) is 13.3. The van der Waals surface area contributed by atoms with Gasteiger partial charge in [0.15, 0.2) is 17.2 Å². The molecular formula is C17H19N3O3. The molecule has 0 N–H and O–H groups in total. The number of benzene rings is 1. The van der Waals surface area contributed by atoms with Crippen molar-refractivity contribution in [3.05, 3.63) is 41.2 Å². The third-order valence-corrected chi connectivity index (χ3v) is 4.37. The van der Waals surface area contributed by atoms with Gasteiger partial charge < -0.3 is 14.4 Å². The summed E-state index contributed by atoms with van der Waals surface area (Å²) in [5.74, 6) is 1.51. The predicted molar refractivity (Wildman–Crippen MR) is 83.4 cm³/mol. The summed E-state index contributed by atoms with van der Waals surface area (Å²) in [6.45, 7) is 2.77. The third kappa shape index (κ3) is 2.65. The van der Waals surface area contributed by atoms with E-state index in [0.717, 1.165) is 35.6 Å². The summed E-state index contributed by atoms with van der Waals surface area (Å²) in [7, 11) is 1.85. The maximum absolute atomic E-state index is 12.8. The third-order valence-electron chi connectivity index (χ3n) is 4.37. The second kappa shape index (κ2) is 5.30. The lowest BCUT2D eigenvalue weighted by Crippen LogP contribution is -2.33. The van der Waals surface area contributed by atoms with E-state index in [2.05, 4.69) is 5.10 Å². The molecule has 2 aromatic rings. The van der Waals surface area contributed by atoms with Crippen molar-refractivity contribution in [1.82, 2.24) is 14.7 Å². The maximum atomic E-state index is 12.8. The number of carbonyl (C=O) groups is 1. The Hall–Kier alpha value is -2.50. The van der Waals surface area contributed by atoms with Crippen LogP contribution in [0, 0.1) is 6.92 Å². The van der Waals surface area contributed by atoms with Gasteiger partial charge in [-0.1, -0.05) is 6.07 Å². The highest BCUT2D eigenvalue weighted by Crippen LogP contribution is 2.35. The Morgan fingerprint density at radius 2 is 2.09 bits per heavy atom. The molecule has 1 fully saturated rings. The van der Waals surface area contributed by atoms with E-state index in [1.165, 1.54) is 0 Å². The number of nitrogens with zero attached hydrogens (tertiary/aromatic N) is 3. The average molecular weight is 313 g/mol. The van der Waals surface area contributed by atoms with Gasteiger partial charge in [-0.05, 0) is 43.5 Å². The molecule has 1 saturated carbocycles. The molecule has 1 aliphatic heterocycles. The fourth-order valence-electron chi connectivity index (χ4n) is 2.80. The molecule has 0 saturated heterocycles. The van der Waals surface area contributed by atoms with Crippen molar-refractivity contribution in [3.8, 4) is 11.5 Å². The molecule has 4 rings (SSSR count). The number of ether oxygens (including phenoxy) is 2. The quantitative estimate of drug-likeness (QED) is 0.869. The molecule has 1 aromatic heterocycles. The summed E-state index contributed by atoms with van der Waals surface area (Å²) in [6, 6.07) is 8.00. The largest absolute Gasteiger partial charge is 0.454 e. The summed E-state index contributed by atoms with van der Waals surface area (Å²) in [5.41, 5.74) is 2.53. The predicted octanol–water partition coefficient (Wildman–Crippen LogP) is 2.26. The topological polar surface area (TPSA) is 56.6 Å². The van der Waals surface area contributed by atoms with Gasteiger partial charge in [-0.2, -0.15) is 5.10 Å². The molecule has 1 amide bonds. The Morgan fingerprint density at radius 3 is 2.78 bits per heavy atom. The smallest absolute Gasteiger partial charge is 0.274 e. The van der Waals surface area contributed by atoms with Crippen LogP contribution in [0.15, 0.2) is 24.3 Å². The molecule has 0 bridgehead atoms. The van der Waals surface area contributed by atoms with Crippen molar-refractivity contribution in [2.75, 3.05) is 6.79 Å². The summed E-state index contributed by atoms with van der Waals surface area (Å²) < 4.78 is 12.5. The van der Waals surface area contributed by atoms with Gasteiger partial charge in [-0.15, -0.1) is 0 Å². The molecule has 6 heteroatoms. The molecule has 23 heavy (non-hydrogen) atoms. The summed E-state index contributed by atoms with van der Waals surface area (Å²) >= 11 is 0. The normalized spacial score (nSPS) is 15.7. The van der Waals surface area contributed by atoms with Gasteiger partial charge in [-0.25, -0.2) is 0 Å². The average Bonchev–Trinajstić information content (AvgIpc) is 3.18. The standard InChI is InChI=1S/C17H19N3O3/c1-11-7-14(18-19(11)2)17(21)20(13-4-5-13)9-12-3-6-15-16(8-12)23-10-22-15/h3,6-8,13H,4-5,9-10H2,1-2H3. The Kier molecular flexibility index (Phi) is 3.25. The van der Waals surface area contributed by atoms with Crippen LogP contribution in [0.3, 0.4) is 0 Å². The molecular weight excluding hydrogens is 294 g/mol. The van der Waals surface area contributed by atoms with Gasteiger partial charge in [0.2, 0.25) is 6.79 Å². The van der Waals surface area contributed by atoms with E-state index in [1.54, 1.807) is 4.68 Å². The fourth-order valence-corrected chi connectivity index (χ4v) is 2.80. The molecule has 6 nitrogen and oxygen atoms in total. The molecule has 0 unspecified atom stereocenters. The number of carbonyl (C=O) groups excluding carboxylic acids is 1. The van der Waals surface area contributed by atoms with Crippen LogP contribution in [0.25, 0.3) is 0 Å². The van der Waals surface area contributed by atoms with Crippen LogP contribution >= 0.6 is 0 Å². The molecule has 0 atom stereocenters. The number of hydrogen-bond donors (Lipinski definition) is 0. The van der Waals surface area contributed by atoms with Crippen LogP contribution in [0.2, 0.25) is 0 Å². The summed E-state index contributed by atoms with van der Waals surface area (Å²) in [5, 5.41) is 4.32. The summed E-state index contributed by atoms with van der Waals surface area (Å²) in [4.78, 5) is 14.7. The van der Waals surface area contributed by atoms with E-state index in [1.807, 2.05) is 43.1 Å². The van der Waals surface area contributed by atoms with Crippen LogP contribution in [0.1, 0.15) is 34.6 Å². The first-order chi connectivity index (χ1) is 11.1. The van der Waals surface area contributed by atoms with E-state index in [4.69, 9.17) is 9.47 Å². The SMILES string of the molecule is Cc1cc(C(=O)N(Cc2ccc3c(c2)OCO3)C2CC2)nn1C. The first-order valence-electron chi connectivity index (χ1n) is 7.82. The minimum atomic E-state index is -0.00568. The molecule has 120 valence electrons. The minimum absolute atomic E-state index is 0.00568. The van der Waals surface area contributed by atoms with Crippen molar-refractivity contribution in [3.63, 3.8) is 0 Å². The molecule has 1 aromatic carbocycles. The molecule has 2 heterocycles. The van der Waals surface area contributed by atoms with E-state index in [9.17, 15) is 4.79 Å². The molecule has 2 aliphatic rings. The van der Waals surface area contributed by atoms with Gasteiger partial charge >= 0.3 is 0 Å². The van der Waals surface area contributed by atoms with E-state index in [0.29, 0.717) is 18.3 Å². The van der Waals surface area contributed by atoms with Crippen LogP contribution in [-0.4, -0.2) is 33.4 Å². The number of fused-ring (bicyclic) bond motifs is 1. The monoisotopic (exact) mass is 313 g/mol. The number of amides is 1. The van der Waals surface area contributed by atoms with E-state index >= 15 is 0 Å².